The first-order valence-corrected chi connectivity index (χ1v) is 8.15. The van der Waals surface area contributed by atoms with Gasteiger partial charge in [-0.15, -0.1) is 0 Å². The highest BCUT2D eigenvalue weighted by Gasteiger charge is 2.42. The maximum atomic E-state index is 13.8. The standard InChI is InChI=1S/C10H12ClF2N2O6P/c11-4-3-15(10(17)14-9(4)16)8-1-5(12)6(21-8)2-7(13)22(18,19)20/h3,5-8H,1-2H2,(H,14,16,17)(H2,18,19,20)/t5?,6-,7?,8-/m1/s1. The third-order valence-corrected chi connectivity index (χ3v) is 4.40. The van der Waals surface area contributed by atoms with E-state index in [1.54, 1.807) is 0 Å². The molecule has 124 valence electrons. The summed E-state index contributed by atoms with van der Waals surface area (Å²) in [6.45, 7) is 0. The average molecular weight is 361 g/mol. The quantitative estimate of drug-likeness (QED) is 0.679. The summed E-state index contributed by atoms with van der Waals surface area (Å²) in [6.07, 6.45) is -4.56. The third kappa shape index (κ3) is 3.64. The van der Waals surface area contributed by atoms with Gasteiger partial charge in [0.1, 0.15) is 17.4 Å². The molecule has 0 radical (unpaired) electrons. The van der Waals surface area contributed by atoms with Crippen LogP contribution in [0.15, 0.2) is 15.8 Å². The number of rotatable bonds is 4. The molecule has 0 aromatic carbocycles. The summed E-state index contributed by atoms with van der Waals surface area (Å²) in [6, 6.07) is 0. The van der Waals surface area contributed by atoms with Crippen molar-refractivity contribution in [2.75, 3.05) is 0 Å². The van der Waals surface area contributed by atoms with E-state index in [-0.39, 0.29) is 11.4 Å². The van der Waals surface area contributed by atoms with Gasteiger partial charge in [0.15, 0.2) is 0 Å². The molecule has 0 spiro atoms. The number of H-pyrrole nitrogens is 1. The fraction of sp³-hybridized carbons (Fsp3) is 0.600. The van der Waals surface area contributed by atoms with Crippen LogP contribution in [0.25, 0.3) is 0 Å². The highest BCUT2D eigenvalue weighted by molar-refractivity contribution is 7.52. The average Bonchev–Trinajstić information content (AvgIpc) is 2.74. The van der Waals surface area contributed by atoms with Crippen LogP contribution in [0.3, 0.4) is 0 Å². The molecule has 1 fully saturated rings. The van der Waals surface area contributed by atoms with Crippen molar-refractivity contribution in [1.82, 2.24) is 9.55 Å². The summed E-state index contributed by atoms with van der Waals surface area (Å²) in [5.41, 5.74) is -1.71. The normalized spacial score (nSPS) is 27.0. The Bertz CT molecular complexity index is 718. The van der Waals surface area contributed by atoms with Crippen LogP contribution in [0.2, 0.25) is 5.02 Å². The number of aromatic amines is 1. The Morgan fingerprint density at radius 3 is 2.77 bits per heavy atom. The zero-order valence-corrected chi connectivity index (χ0v) is 12.5. The van der Waals surface area contributed by atoms with E-state index in [1.165, 1.54) is 0 Å². The van der Waals surface area contributed by atoms with Crippen molar-refractivity contribution in [3.8, 4) is 0 Å². The largest absolute Gasteiger partial charge is 0.359 e. The Hall–Kier alpha value is -1.06. The third-order valence-electron chi connectivity index (χ3n) is 3.19. The number of aromatic nitrogens is 2. The van der Waals surface area contributed by atoms with Crippen molar-refractivity contribution in [1.29, 1.82) is 0 Å². The first-order chi connectivity index (χ1) is 10.1. The molecule has 22 heavy (non-hydrogen) atoms. The van der Waals surface area contributed by atoms with Crippen LogP contribution in [-0.4, -0.2) is 37.5 Å². The summed E-state index contributed by atoms with van der Waals surface area (Å²) in [7, 11) is -5.00. The van der Waals surface area contributed by atoms with Gasteiger partial charge in [0, 0.05) is 19.0 Å². The molecule has 0 aliphatic carbocycles. The van der Waals surface area contributed by atoms with E-state index in [9.17, 15) is 22.9 Å². The van der Waals surface area contributed by atoms with Gasteiger partial charge in [-0.25, -0.2) is 13.6 Å². The molecule has 4 atom stereocenters. The van der Waals surface area contributed by atoms with Crippen LogP contribution < -0.4 is 11.2 Å². The van der Waals surface area contributed by atoms with E-state index in [1.807, 2.05) is 4.98 Å². The minimum atomic E-state index is -5.00. The number of halogens is 3. The minimum Gasteiger partial charge on any atom is -0.351 e. The maximum Gasteiger partial charge on any atom is 0.359 e. The lowest BCUT2D eigenvalue weighted by Gasteiger charge is -2.18. The Kier molecular flexibility index (Phi) is 4.88. The van der Waals surface area contributed by atoms with Crippen molar-refractivity contribution in [3.05, 3.63) is 32.1 Å². The van der Waals surface area contributed by atoms with E-state index in [4.69, 9.17) is 26.1 Å². The Labute approximate surface area is 126 Å². The molecule has 0 saturated carbocycles. The molecule has 0 amide bonds. The number of nitrogens with one attached hydrogen (secondary N) is 1. The summed E-state index contributed by atoms with van der Waals surface area (Å²) < 4.78 is 43.8. The van der Waals surface area contributed by atoms with Crippen molar-refractivity contribution >= 4 is 19.2 Å². The van der Waals surface area contributed by atoms with E-state index < -0.39 is 49.7 Å². The van der Waals surface area contributed by atoms with E-state index in [0.29, 0.717) is 0 Å². The number of hydrogen-bond donors (Lipinski definition) is 3. The van der Waals surface area contributed by atoms with Gasteiger partial charge in [-0.1, -0.05) is 11.6 Å². The Balaban J connectivity index is 2.18. The second-order valence-corrected chi connectivity index (χ2v) is 6.93. The lowest BCUT2D eigenvalue weighted by molar-refractivity contribution is -0.0202. The number of hydrogen-bond acceptors (Lipinski definition) is 4. The lowest BCUT2D eigenvalue weighted by Crippen LogP contribution is -2.32. The topological polar surface area (TPSA) is 122 Å². The molecule has 1 aliphatic rings. The summed E-state index contributed by atoms with van der Waals surface area (Å²) in [4.78, 5) is 42.0. The van der Waals surface area contributed by atoms with Crippen LogP contribution in [0.1, 0.15) is 19.1 Å². The molecule has 1 aromatic heterocycles. The van der Waals surface area contributed by atoms with Crippen molar-refractivity contribution < 1.29 is 27.9 Å². The van der Waals surface area contributed by atoms with Gasteiger partial charge in [0.25, 0.3) is 5.56 Å². The number of nitrogens with zero attached hydrogens (tertiary/aromatic N) is 1. The van der Waals surface area contributed by atoms with Gasteiger partial charge >= 0.3 is 13.3 Å². The van der Waals surface area contributed by atoms with Crippen LogP contribution in [0.5, 0.6) is 0 Å². The van der Waals surface area contributed by atoms with Crippen molar-refractivity contribution in [3.63, 3.8) is 0 Å². The monoisotopic (exact) mass is 360 g/mol. The molecule has 1 saturated heterocycles. The van der Waals surface area contributed by atoms with Gasteiger partial charge in [0.05, 0.1) is 6.10 Å². The predicted octanol–water partition coefficient (Wildman–Crippen LogP) is 0.679. The first-order valence-electron chi connectivity index (χ1n) is 6.09. The second kappa shape index (κ2) is 6.21. The molecule has 12 heteroatoms. The first kappa shape index (κ1) is 17.3. The molecule has 2 rings (SSSR count). The summed E-state index contributed by atoms with van der Waals surface area (Å²) >= 11 is 5.57. The van der Waals surface area contributed by atoms with Crippen LogP contribution in [-0.2, 0) is 9.30 Å². The fourth-order valence-corrected chi connectivity index (χ4v) is 2.71. The SMILES string of the molecule is O=c1[nH]c(=O)n([C@H]2CC(F)[C@@H](CC(F)P(=O)(O)O)O2)cc1Cl. The molecule has 8 nitrogen and oxygen atoms in total. The molecule has 2 heterocycles. The van der Waals surface area contributed by atoms with Gasteiger partial charge in [-0.05, 0) is 0 Å². The van der Waals surface area contributed by atoms with Crippen LogP contribution in [0.4, 0.5) is 8.78 Å². The zero-order valence-electron chi connectivity index (χ0n) is 10.9. The molecule has 3 N–H and O–H groups in total. The van der Waals surface area contributed by atoms with E-state index in [0.717, 1.165) is 10.8 Å². The molecule has 0 bridgehead atoms. The van der Waals surface area contributed by atoms with Gasteiger partial charge < -0.3 is 14.5 Å². The number of alkyl halides is 2. The molecule has 1 aromatic rings. The summed E-state index contributed by atoms with van der Waals surface area (Å²) in [5.74, 6) is -2.56. The predicted molar refractivity (Wildman–Crippen MR) is 71.3 cm³/mol. The van der Waals surface area contributed by atoms with Crippen LogP contribution in [0, 0.1) is 0 Å². The maximum absolute atomic E-state index is 13.8. The highest BCUT2D eigenvalue weighted by atomic mass is 35.5. The summed E-state index contributed by atoms with van der Waals surface area (Å²) in [5, 5.41) is -0.319. The highest BCUT2D eigenvalue weighted by Crippen LogP contribution is 2.46. The van der Waals surface area contributed by atoms with Crippen molar-refractivity contribution in [2.45, 2.75) is 37.3 Å². The number of ether oxygens (including phenoxy) is 1. The minimum absolute atomic E-state index is 0.319. The molecular formula is C10H12ClF2N2O6P. The Morgan fingerprint density at radius 2 is 2.18 bits per heavy atom. The zero-order chi connectivity index (χ0) is 16.7. The molecule has 2 unspecified atom stereocenters. The van der Waals surface area contributed by atoms with Gasteiger partial charge in [-0.2, -0.15) is 0 Å². The van der Waals surface area contributed by atoms with Crippen molar-refractivity contribution in [2.24, 2.45) is 0 Å². The molecular weight excluding hydrogens is 349 g/mol. The van der Waals surface area contributed by atoms with E-state index >= 15 is 0 Å². The smallest absolute Gasteiger partial charge is 0.351 e. The lowest BCUT2D eigenvalue weighted by atomic mass is 10.1. The van der Waals surface area contributed by atoms with Crippen LogP contribution >= 0.6 is 19.2 Å². The van der Waals surface area contributed by atoms with Gasteiger partial charge in [-0.3, -0.25) is 18.9 Å². The fourth-order valence-electron chi connectivity index (χ4n) is 2.07. The van der Waals surface area contributed by atoms with E-state index in [2.05, 4.69) is 0 Å². The van der Waals surface area contributed by atoms with Gasteiger partial charge in [0.2, 0.25) is 5.91 Å². The molecule has 1 aliphatic heterocycles. The second-order valence-electron chi connectivity index (χ2n) is 4.78. The Morgan fingerprint density at radius 1 is 1.55 bits per heavy atom.